The van der Waals surface area contributed by atoms with Gasteiger partial charge in [-0.3, -0.25) is 0 Å². The molecule has 13 heavy (non-hydrogen) atoms. The standard InChI is InChI=1S/C8H6N2O3/c11-8(12)7-6(10-4-13-7)5-2-1-3-9-5/h1-4,9H,(H,11,12). The maximum Gasteiger partial charge on any atom is 0.374 e. The molecule has 2 aromatic heterocycles. The highest BCUT2D eigenvalue weighted by atomic mass is 16.4. The van der Waals surface area contributed by atoms with Gasteiger partial charge in [0, 0.05) is 6.20 Å². The van der Waals surface area contributed by atoms with Gasteiger partial charge in [0.25, 0.3) is 0 Å². The van der Waals surface area contributed by atoms with Crippen LogP contribution in [-0.2, 0) is 0 Å². The first kappa shape index (κ1) is 7.60. The van der Waals surface area contributed by atoms with Crippen molar-refractivity contribution in [1.29, 1.82) is 0 Å². The van der Waals surface area contributed by atoms with Crippen LogP contribution in [-0.4, -0.2) is 21.0 Å². The van der Waals surface area contributed by atoms with Crippen LogP contribution in [0.5, 0.6) is 0 Å². The lowest BCUT2D eigenvalue weighted by Gasteiger charge is -1.91. The van der Waals surface area contributed by atoms with E-state index in [-0.39, 0.29) is 5.76 Å². The third kappa shape index (κ3) is 1.20. The van der Waals surface area contributed by atoms with Gasteiger partial charge in [0.15, 0.2) is 6.39 Å². The minimum absolute atomic E-state index is 0.151. The number of hydrogen-bond donors (Lipinski definition) is 2. The number of carboxylic acids is 1. The van der Waals surface area contributed by atoms with E-state index in [0.717, 1.165) is 6.39 Å². The molecule has 0 bridgehead atoms. The summed E-state index contributed by atoms with van der Waals surface area (Å²) in [5.74, 6) is -1.27. The Bertz CT molecular complexity index is 416. The second-order valence-electron chi connectivity index (χ2n) is 2.42. The topological polar surface area (TPSA) is 79.1 Å². The van der Waals surface area contributed by atoms with Gasteiger partial charge in [0.2, 0.25) is 5.76 Å². The Kier molecular flexibility index (Phi) is 1.63. The molecule has 2 heterocycles. The maximum absolute atomic E-state index is 10.6. The third-order valence-electron chi connectivity index (χ3n) is 1.61. The van der Waals surface area contributed by atoms with Crippen molar-refractivity contribution in [3.8, 4) is 11.4 Å². The van der Waals surface area contributed by atoms with E-state index in [9.17, 15) is 4.79 Å². The van der Waals surface area contributed by atoms with E-state index in [1.165, 1.54) is 0 Å². The number of rotatable bonds is 2. The molecule has 2 N–H and O–H groups in total. The van der Waals surface area contributed by atoms with E-state index in [1.807, 2.05) is 0 Å². The van der Waals surface area contributed by atoms with Crippen molar-refractivity contribution in [3.05, 3.63) is 30.5 Å². The lowest BCUT2D eigenvalue weighted by molar-refractivity contribution is 0.0663. The Hall–Kier alpha value is -2.04. The molecule has 0 unspecified atom stereocenters. The summed E-state index contributed by atoms with van der Waals surface area (Å²) in [4.78, 5) is 17.3. The molecule has 2 aromatic rings. The van der Waals surface area contributed by atoms with Crippen molar-refractivity contribution in [1.82, 2.24) is 9.97 Å². The summed E-state index contributed by atoms with van der Waals surface area (Å²) in [6.07, 6.45) is 2.80. The maximum atomic E-state index is 10.6. The van der Waals surface area contributed by atoms with Crippen LogP contribution in [0.25, 0.3) is 11.4 Å². The molecule has 66 valence electrons. The van der Waals surface area contributed by atoms with Crippen LogP contribution in [0.1, 0.15) is 10.6 Å². The molecule has 0 aliphatic rings. The molecule has 0 aliphatic carbocycles. The van der Waals surface area contributed by atoms with Crippen LogP contribution >= 0.6 is 0 Å². The number of hydrogen-bond acceptors (Lipinski definition) is 3. The van der Waals surface area contributed by atoms with Crippen LogP contribution < -0.4 is 0 Å². The molecule has 0 saturated heterocycles. The van der Waals surface area contributed by atoms with E-state index in [2.05, 4.69) is 9.97 Å². The Labute approximate surface area is 73.0 Å². The zero-order valence-electron chi connectivity index (χ0n) is 6.52. The minimum atomic E-state index is -1.12. The summed E-state index contributed by atoms with van der Waals surface area (Å²) >= 11 is 0. The highest BCUT2D eigenvalue weighted by Crippen LogP contribution is 2.19. The summed E-state index contributed by atoms with van der Waals surface area (Å²) in [5, 5.41) is 8.71. The van der Waals surface area contributed by atoms with Gasteiger partial charge in [0.1, 0.15) is 5.69 Å². The molecule has 0 amide bonds. The van der Waals surface area contributed by atoms with E-state index in [1.54, 1.807) is 18.3 Å². The Balaban J connectivity index is 2.52. The molecular formula is C8H6N2O3. The van der Waals surface area contributed by atoms with Crippen LogP contribution in [0.4, 0.5) is 0 Å². The van der Waals surface area contributed by atoms with Gasteiger partial charge < -0.3 is 14.5 Å². The number of nitrogens with zero attached hydrogens (tertiary/aromatic N) is 1. The van der Waals surface area contributed by atoms with Gasteiger partial charge in [-0.15, -0.1) is 0 Å². The molecule has 2 rings (SSSR count). The van der Waals surface area contributed by atoms with Gasteiger partial charge in [-0.2, -0.15) is 0 Å². The third-order valence-corrected chi connectivity index (χ3v) is 1.61. The number of aromatic carboxylic acids is 1. The van der Waals surface area contributed by atoms with Crippen molar-refractivity contribution < 1.29 is 14.3 Å². The van der Waals surface area contributed by atoms with Crippen molar-refractivity contribution in [3.63, 3.8) is 0 Å². The van der Waals surface area contributed by atoms with Crippen molar-refractivity contribution in [2.45, 2.75) is 0 Å². The summed E-state index contributed by atoms with van der Waals surface area (Å²) in [7, 11) is 0. The largest absolute Gasteiger partial charge is 0.475 e. The number of aromatic amines is 1. The first-order valence-corrected chi connectivity index (χ1v) is 3.59. The quantitative estimate of drug-likeness (QED) is 0.727. The van der Waals surface area contributed by atoms with E-state index < -0.39 is 5.97 Å². The number of oxazole rings is 1. The molecule has 0 saturated carbocycles. The normalized spacial score (nSPS) is 10.2. The van der Waals surface area contributed by atoms with Gasteiger partial charge in [-0.05, 0) is 12.1 Å². The molecule has 5 nitrogen and oxygen atoms in total. The molecule has 0 aliphatic heterocycles. The zero-order chi connectivity index (χ0) is 9.26. The predicted molar refractivity (Wildman–Crippen MR) is 43.2 cm³/mol. The van der Waals surface area contributed by atoms with Gasteiger partial charge in [-0.1, -0.05) is 0 Å². The molecule has 5 heteroatoms. The number of carbonyl (C=O) groups is 1. The second-order valence-corrected chi connectivity index (χ2v) is 2.42. The lowest BCUT2D eigenvalue weighted by atomic mass is 10.2. The lowest BCUT2D eigenvalue weighted by Crippen LogP contribution is -1.96. The Morgan fingerprint density at radius 3 is 3.08 bits per heavy atom. The van der Waals surface area contributed by atoms with E-state index >= 15 is 0 Å². The average Bonchev–Trinajstić information content (AvgIpc) is 2.74. The molecule has 0 spiro atoms. The monoisotopic (exact) mass is 178 g/mol. The van der Waals surface area contributed by atoms with E-state index in [0.29, 0.717) is 11.4 Å². The Morgan fingerprint density at radius 1 is 1.62 bits per heavy atom. The Morgan fingerprint density at radius 2 is 2.46 bits per heavy atom. The second kappa shape index (κ2) is 2.78. The van der Waals surface area contributed by atoms with Crippen molar-refractivity contribution in [2.24, 2.45) is 0 Å². The van der Waals surface area contributed by atoms with Crippen molar-refractivity contribution in [2.75, 3.05) is 0 Å². The first-order valence-electron chi connectivity index (χ1n) is 3.59. The van der Waals surface area contributed by atoms with Crippen molar-refractivity contribution >= 4 is 5.97 Å². The van der Waals surface area contributed by atoms with Gasteiger partial charge in [-0.25, -0.2) is 9.78 Å². The molecule has 0 aromatic carbocycles. The number of nitrogens with one attached hydrogen (secondary N) is 1. The average molecular weight is 178 g/mol. The summed E-state index contributed by atoms with van der Waals surface area (Å²) < 4.78 is 4.72. The van der Waals surface area contributed by atoms with Crippen LogP contribution in [0, 0.1) is 0 Å². The smallest absolute Gasteiger partial charge is 0.374 e. The fourth-order valence-electron chi connectivity index (χ4n) is 1.07. The van der Waals surface area contributed by atoms with E-state index in [4.69, 9.17) is 9.52 Å². The van der Waals surface area contributed by atoms with Gasteiger partial charge in [0.05, 0.1) is 5.69 Å². The summed E-state index contributed by atoms with van der Waals surface area (Å²) in [5.41, 5.74) is 0.948. The summed E-state index contributed by atoms with van der Waals surface area (Å²) in [6.45, 7) is 0. The number of H-pyrrole nitrogens is 1. The molecular weight excluding hydrogens is 172 g/mol. The fourth-order valence-corrected chi connectivity index (χ4v) is 1.07. The minimum Gasteiger partial charge on any atom is -0.475 e. The molecule has 0 fully saturated rings. The fraction of sp³-hybridized carbons (Fsp3) is 0. The van der Waals surface area contributed by atoms with Crippen LogP contribution in [0.15, 0.2) is 29.1 Å². The zero-order valence-corrected chi connectivity index (χ0v) is 6.52. The predicted octanol–water partition coefficient (Wildman–Crippen LogP) is 1.37. The van der Waals surface area contributed by atoms with Crippen LogP contribution in [0.3, 0.4) is 0 Å². The van der Waals surface area contributed by atoms with Gasteiger partial charge >= 0.3 is 5.97 Å². The summed E-state index contributed by atoms with van der Waals surface area (Å²) in [6, 6.07) is 3.49. The molecule has 0 atom stereocenters. The van der Waals surface area contributed by atoms with Crippen LogP contribution in [0.2, 0.25) is 0 Å². The highest BCUT2D eigenvalue weighted by molar-refractivity contribution is 5.90. The molecule has 0 radical (unpaired) electrons. The number of carboxylic acid groups (broad SMARTS) is 1. The highest BCUT2D eigenvalue weighted by Gasteiger charge is 2.17. The SMILES string of the molecule is O=C(O)c1ocnc1-c1ccc[nH]1. The first-order chi connectivity index (χ1) is 6.29. The number of aromatic nitrogens is 2.